The number of phenolic OH excluding ortho intramolecular Hbond substituents is 1. The predicted molar refractivity (Wildman–Crippen MR) is 143 cm³/mol. The maximum Gasteiger partial charge on any atom is 0.257 e. The lowest BCUT2D eigenvalue weighted by Gasteiger charge is -2.54. The largest absolute Gasteiger partial charge is 0.504 e. The second-order valence-corrected chi connectivity index (χ2v) is 10.8. The molecule has 7 nitrogen and oxygen atoms in total. The van der Waals surface area contributed by atoms with Gasteiger partial charge in [0.1, 0.15) is 0 Å². The van der Waals surface area contributed by atoms with Crippen LogP contribution in [0.2, 0.25) is 0 Å². The smallest absolute Gasteiger partial charge is 0.257 e. The van der Waals surface area contributed by atoms with Crippen LogP contribution in [0.4, 0.5) is 0 Å². The van der Waals surface area contributed by atoms with Gasteiger partial charge in [-0.05, 0) is 75.1 Å². The molecule has 2 aromatic carbocycles. The number of hydrogen-bond acceptors (Lipinski definition) is 5. The monoisotopic (exact) mass is 505 g/mol. The van der Waals surface area contributed by atoms with Crippen LogP contribution in [-0.2, 0) is 11.3 Å². The molecule has 1 unspecified atom stereocenters. The third-order valence-electron chi connectivity index (χ3n) is 8.71. The van der Waals surface area contributed by atoms with Crippen LogP contribution in [0.25, 0.3) is 0 Å². The van der Waals surface area contributed by atoms with Crippen molar-refractivity contribution in [1.29, 1.82) is 0 Å². The summed E-state index contributed by atoms with van der Waals surface area (Å²) in [4.78, 5) is 30.8. The van der Waals surface area contributed by atoms with Gasteiger partial charge < -0.3 is 20.1 Å². The molecule has 2 aromatic rings. The Labute approximate surface area is 219 Å². The van der Waals surface area contributed by atoms with Crippen molar-refractivity contribution < 1.29 is 19.4 Å². The Bertz CT molecular complexity index is 1100. The lowest BCUT2D eigenvalue weighted by atomic mass is 9.59. The third kappa shape index (κ3) is 5.33. The van der Waals surface area contributed by atoms with Crippen molar-refractivity contribution in [1.82, 2.24) is 15.1 Å². The Morgan fingerprint density at radius 1 is 1.00 bits per heavy atom. The molecule has 1 saturated carbocycles. The average Bonchev–Trinajstić information content (AvgIpc) is 2.93. The number of nitrogens with zero attached hydrogens (tertiary/aromatic N) is 2. The van der Waals surface area contributed by atoms with E-state index < -0.39 is 0 Å². The molecule has 2 amide bonds. The zero-order valence-electron chi connectivity index (χ0n) is 21.8. The minimum absolute atomic E-state index is 0.0700. The SMILES string of the molecule is CCOc1cccc(C(=O)N2CCC3(CCC3NC(=O)[C@H]3CCCCN3Cc3ccccc3)CC2)c1O. The van der Waals surface area contributed by atoms with Crippen LogP contribution < -0.4 is 10.1 Å². The average molecular weight is 506 g/mol. The maximum absolute atomic E-state index is 13.5. The Morgan fingerprint density at radius 3 is 2.49 bits per heavy atom. The van der Waals surface area contributed by atoms with Crippen molar-refractivity contribution >= 4 is 11.8 Å². The Hall–Kier alpha value is -3.06. The zero-order valence-corrected chi connectivity index (χ0v) is 21.8. The standard InChI is InChI=1S/C30H39N3O4/c1-2-37-25-13-8-11-23(27(25)34)29(36)32-19-16-30(17-20-32)15-14-26(30)31-28(35)24-12-6-7-18-33(24)21-22-9-4-3-5-10-22/h3-5,8-11,13,24,26,34H,2,6-7,12,14-21H2,1H3,(H,31,35)/t24-,26?/m1/s1. The summed E-state index contributed by atoms with van der Waals surface area (Å²) in [6.45, 7) is 5.30. The molecule has 2 atom stereocenters. The second-order valence-electron chi connectivity index (χ2n) is 10.8. The number of phenols is 1. The molecule has 2 N–H and O–H groups in total. The highest BCUT2D eigenvalue weighted by molar-refractivity contribution is 5.97. The van der Waals surface area contributed by atoms with E-state index in [1.165, 1.54) is 5.56 Å². The first-order valence-electron chi connectivity index (χ1n) is 13.8. The van der Waals surface area contributed by atoms with Gasteiger partial charge in [0, 0.05) is 25.7 Å². The summed E-state index contributed by atoms with van der Waals surface area (Å²) in [6.07, 6.45) is 6.96. The molecule has 2 aliphatic heterocycles. The molecule has 2 saturated heterocycles. The van der Waals surface area contributed by atoms with Crippen molar-refractivity contribution in [3.63, 3.8) is 0 Å². The summed E-state index contributed by atoms with van der Waals surface area (Å²) in [7, 11) is 0. The number of para-hydroxylation sites is 1. The van der Waals surface area contributed by atoms with Crippen LogP contribution in [0.1, 0.15) is 67.8 Å². The van der Waals surface area contributed by atoms with Gasteiger partial charge in [0.25, 0.3) is 5.91 Å². The van der Waals surface area contributed by atoms with E-state index in [9.17, 15) is 14.7 Å². The molecule has 2 heterocycles. The molecular formula is C30H39N3O4. The van der Waals surface area contributed by atoms with Crippen LogP contribution in [0, 0.1) is 5.41 Å². The van der Waals surface area contributed by atoms with Gasteiger partial charge >= 0.3 is 0 Å². The fourth-order valence-electron chi connectivity index (χ4n) is 6.38. The van der Waals surface area contributed by atoms with Gasteiger partial charge in [0.15, 0.2) is 11.5 Å². The number of nitrogens with one attached hydrogen (secondary N) is 1. The molecular weight excluding hydrogens is 466 g/mol. The van der Waals surface area contributed by atoms with E-state index in [2.05, 4.69) is 34.5 Å². The van der Waals surface area contributed by atoms with Crippen LogP contribution in [0.3, 0.4) is 0 Å². The van der Waals surface area contributed by atoms with E-state index in [1.807, 2.05) is 17.9 Å². The number of benzene rings is 2. The number of aromatic hydroxyl groups is 1. The lowest BCUT2D eigenvalue weighted by molar-refractivity contribution is -0.132. The van der Waals surface area contributed by atoms with Crippen LogP contribution in [0.5, 0.6) is 11.5 Å². The van der Waals surface area contributed by atoms with Crippen LogP contribution in [0.15, 0.2) is 48.5 Å². The van der Waals surface area contributed by atoms with Crippen molar-refractivity contribution in [2.24, 2.45) is 5.41 Å². The van der Waals surface area contributed by atoms with Crippen LogP contribution >= 0.6 is 0 Å². The molecule has 37 heavy (non-hydrogen) atoms. The summed E-state index contributed by atoms with van der Waals surface area (Å²) < 4.78 is 5.45. The Kier molecular flexibility index (Phi) is 7.70. The topological polar surface area (TPSA) is 82.1 Å². The molecule has 0 aromatic heterocycles. The fraction of sp³-hybridized carbons (Fsp3) is 0.533. The highest BCUT2D eigenvalue weighted by Crippen LogP contribution is 2.49. The predicted octanol–water partition coefficient (Wildman–Crippen LogP) is 4.35. The summed E-state index contributed by atoms with van der Waals surface area (Å²) >= 11 is 0. The van der Waals surface area contributed by atoms with Gasteiger partial charge in [0.2, 0.25) is 5.91 Å². The van der Waals surface area contributed by atoms with E-state index in [0.29, 0.717) is 25.4 Å². The molecule has 1 spiro atoms. The van der Waals surface area contributed by atoms with E-state index in [4.69, 9.17) is 4.74 Å². The molecule has 0 bridgehead atoms. The molecule has 0 radical (unpaired) electrons. The van der Waals surface area contributed by atoms with Gasteiger partial charge in [0.05, 0.1) is 18.2 Å². The van der Waals surface area contributed by atoms with Crippen LogP contribution in [-0.4, -0.2) is 65.0 Å². The molecule has 5 rings (SSSR count). The minimum Gasteiger partial charge on any atom is -0.504 e. The number of ether oxygens (including phenoxy) is 1. The first-order chi connectivity index (χ1) is 18.0. The molecule has 3 aliphatic rings. The van der Waals surface area contributed by atoms with Crippen molar-refractivity contribution in [2.45, 2.75) is 70.5 Å². The summed E-state index contributed by atoms with van der Waals surface area (Å²) in [5, 5.41) is 14.0. The Morgan fingerprint density at radius 2 is 1.78 bits per heavy atom. The van der Waals surface area contributed by atoms with Gasteiger partial charge in [-0.2, -0.15) is 0 Å². The van der Waals surface area contributed by atoms with E-state index in [1.54, 1.807) is 18.2 Å². The quantitative estimate of drug-likeness (QED) is 0.585. The first kappa shape index (κ1) is 25.6. The van der Waals surface area contributed by atoms with Gasteiger partial charge in [-0.1, -0.05) is 42.8 Å². The zero-order chi connectivity index (χ0) is 25.8. The van der Waals surface area contributed by atoms with E-state index >= 15 is 0 Å². The number of likely N-dealkylation sites (tertiary alicyclic amines) is 2. The summed E-state index contributed by atoms with van der Waals surface area (Å²) in [6, 6.07) is 15.6. The molecule has 1 aliphatic carbocycles. The summed E-state index contributed by atoms with van der Waals surface area (Å²) in [5.74, 6) is 0.257. The van der Waals surface area contributed by atoms with Gasteiger partial charge in [-0.3, -0.25) is 14.5 Å². The van der Waals surface area contributed by atoms with Crippen molar-refractivity contribution in [3.8, 4) is 11.5 Å². The highest BCUT2D eigenvalue weighted by Gasteiger charge is 2.50. The number of piperidine rings is 2. The van der Waals surface area contributed by atoms with Gasteiger partial charge in [-0.15, -0.1) is 0 Å². The number of rotatable bonds is 7. The normalized spacial score (nSPS) is 23.3. The van der Waals surface area contributed by atoms with Crippen molar-refractivity contribution in [3.05, 3.63) is 59.7 Å². The Balaban J connectivity index is 1.18. The number of carbonyl (C=O) groups excluding carboxylic acids is 2. The molecule has 3 fully saturated rings. The number of carbonyl (C=O) groups is 2. The summed E-state index contributed by atoms with van der Waals surface area (Å²) in [5.41, 5.74) is 1.61. The second kappa shape index (κ2) is 11.1. The lowest BCUT2D eigenvalue weighted by Crippen LogP contribution is -2.62. The fourth-order valence-corrected chi connectivity index (χ4v) is 6.38. The van der Waals surface area contributed by atoms with E-state index in [-0.39, 0.29) is 40.6 Å². The van der Waals surface area contributed by atoms with Gasteiger partial charge in [-0.25, -0.2) is 0 Å². The number of amides is 2. The highest BCUT2D eigenvalue weighted by atomic mass is 16.5. The maximum atomic E-state index is 13.5. The molecule has 7 heteroatoms. The van der Waals surface area contributed by atoms with E-state index in [0.717, 1.165) is 58.0 Å². The third-order valence-corrected chi connectivity index (χ3v) is 8.71. The first-order valence-corrected chi connectivity index (χ1v) is 13.8. The molecule has 198 valence electrons. The minimum atomic E-state index is -0.160. The number of hydrogen-bond donors (Lipinski definition) is 2. The van der Waals surface area contributed by atoms with Crippen molar-refractivity contribution in [2.75, 3.05) is 26.2 Å².